The summed E-state index contributed by atoms with van der Waals surface area (Å²) in [6.45, 7) is 0. The van der Waals surface area contributed by atoms with Crippen molar-refractivity contribution in [1.82, 2.24) is 9.97 Å². The monoisotopic (exact) mass is 381 g/mol. The summed E-state index contributed by atoms with van der Waals surface area (Å²) >= 11 is 12.1. The van der Waals surface area contributed by atoms with Gasteiger partial charge in [0, 0.05) is 22.4 Å². The first kappa shape index (κ1) is 16.6. The lowest BCUT2D eigenvalue weighted by Gasteiger charge is -2.06. The largest absolute Gasteiger partial charge is 0.353 e. The third-order valence-corrected chi connectivity index (χ3v) is 4.66. The van der Waals surface area contributed by atoms with Gasteiger partial charge in [-0.2, -0.15) is 0 Å². The minimum Gasteiger partial charge on any atom is -0.353 e. The number of carbonyl (C=O) groups is 1. The number of anilines is 1. The van der Waals surface area contributed by atoms with E-state index in [1.165, 1.54) is 6.08 Å². The van der Waals surface area contributed by atoms with Crippen LogP contribution in [0.3, 0.4) is 0 Å². The molecule has 0 radical (unpaired) electrons. The maximum Gasteiger partial charge on any atom is 0.248 e. The van der Waals surface area contributed by atoms with Crippen LogP contribution < -0.4 is 5.32 Å². The molecule has 0 atom stereocenters. The molecule has 0 spiro atoms. The number of para-hydroxylation sites is 2. The van der Waals surface area contributed by atoms with Crippen molar-refractivity contribution in [3.63, 3.8) is 0 Å². The number of nitrogens with zero attached hydrogens (tertiary/aromatic N) is 1. The molecule has 4 nitrogen and oxygen atoms in total. The SMILES string of the molecule is O=C(/C=C/c1cc2c(cn1)[nH]c1ccccc12)Nc1c(Cl)cccc1Cl. The number of hydrogen-bond acceptors (Lipinski definition) is 2. The Morgan fingerprint density at radius 2 is 1.77 bits per heavy atom. The molecule has 0 aliphatic heterocycles. The zero-order valence-electron chi connectivity index (χ0n) is 13.5. The number of aromatic nitrogens is 2. The predicted molar refractivity (Wildman–Crippen MR) is 108 cm³/mol. The Morgan fingerprint density at radius 3 is 2.58 bits per heavy atom. The maximum absolute atomic E-state index is 12.2. The molecule has 0 fully saturated rings. The molecule has 6 heteroatoms. The number of rotatable bonds is 3. The number of nitrogens with one attached hydrogen (secondary N) is 2. The third-order valence-electron chi connectivity index (χ3n) is 4.03. The lowest BCUT2D eigenvalue weighted by Crippen LogP contribution is -2.08. The van der Waals surface area contributed by atoms with Gasteiger partial charge in [0.2, 0.25) is 5.91 Å². The normalized spacial score (nSPS) is 11.5. The van der Waals surface area contributed by atoms with E-state index in [2.05, 4.69) is 15.3 Å². The molecule has 128 valence electrons. The van der Waals surface area contributed by atoms with Gasteiger partial charge in [0.15, 0.2) is 0 Å². The molecule has 2 heterocycles. The summed E-state index contributed by atoms with van der Waals surface area (Å²) in [5.74, 6) is -0.333. The number of hydrogen-bond donors (Lipinski definition) is 2. The van der Waals surface area contributed by atoms with Gasteiger partial charge in [0.1, 0.15) is 0 Å². The number of benzene rings is 2. The summed E-state index contributed by atoms with van der Waals surface area (Å²) < 4.78 is 0. The van der Waals surface area contributed by atoms with Crippen molar-refractivity contribution in [1.29, 1.82) is 0 Å². The van der Waals surface area contributed by atoms with Gasteiger partial charge in [-0.1, -0.05) is 47.5 Å². The Labute approximate surface area is 159 Å². The molecule has 1 amide bonds. The van der Waals surface area contributed by atoms with Crippen LogP contribution in [0.25, 0.3) is 27.9 Å². The molecule has 0 aliphatic rings. The van der Waals surface area contributed by atoms with Crippen molar-refractivity contribution in [2.75, 3.05) is 5.32 Å². The number of H-pyrrole nitrogens is 1. The average Bonchev–Trinajstić information content (AvgIpc) is 3.01. The lowest BCUT2D eigenvalue weighted by molar-refractivity contribution is -0.111. The summed E-state index contributed by atoms with van der Waals surface area (Å²) in [5, 5.41) is 5.64. The molecule has 0 aliphatic carbocycles. The van der Waals surface area contributed by atoms with Gasteiger partial charge >= 0.3 is 0 Å². The molecule has 0 unspecified atom stereocenters. The van der Waals surface area contributed by atoms with E-state index in [0.717, 1.165) is 21.8 Å². The molecule has 2 aromatic carbocycles. The highest BCUT2D eigenvalue weighted by Crippen LogP contribution is 2.30. The van der Waals surface area contributed by atoms with E-state index in [1.807, 2.05) is 30.3 Å². The highest BCUT2D eigenvalue weighted by molar-refractivity contribution is 6.39. The second-order valence-electron chi connectivity index (χ2n) is 5.74. The smallest absolute Gasteiger partial charge is 0.248 e. The Kier molecular flexibility index (Phi) is 4.37. The van der Waals surface area contributed by atoms with E-state index in [1.54, 1.807) is 30.5 Å². The molecule has 4 rings (SSSR count). The van der Waals surface area contributed by atoms with Crippen molar-refractivity contribution >= 4 is 62.7 Å². The standard InChI is InChI=1S/C20H13Cl2N3O/c21-15-5-3-6-16(22)20(15)25-19(26)9-8-12-10-14-13-4-1-2-7-17(13)24-18(14)11-23-12/h1-11,24H,(H,25,26)/b9-8+. The number of pyridine rings is 1. The Bertz CT molecular complexity index is 1140. The van der Waals surface area contributed by atoms with E-state index in [4.69, 9.17) is 23.2 Å². The van der Waals surface area contributed by atoms with Crippen LogP contribution in [0, 0.1) is 0 Å². The Morgan fingerprint density at radius 1 is 1.00 bits per heavy atom. The van der Waals surface area contributed by atoms with E-state index in [-0.39, 0.29) is 5.91 Å². The zero-order valence-corrected chi connectivity index (χ0v) is 15.0. The van der Waals surface area contributed by atoms with E-state index in [0.29, 0.717) is 21.4 Å². The van der Waals surface area contributed by atoms with Gasteiger partial charge in [0.05, 0.1) is 33.1 Å². The van der Waals surface area contributed by atoms with Crippen molar-refractivity contribution in [2.45, 2.75) is 0 Å². The van der Waals surface area contributed by atoms with E-state index < -0.39 is 0 Å². The van der Waals surface area contributed by atoms with Crippen LogP contribution in [0.1, 0.15) is 5.69 Å². The van der Waals surface area contributed by atoms with Gasteiger partial charge in [0.25, 0.3) is 0 Å². The zero-order chi connectivity index (χ0) is 18.1. The molecular weight excluding hydrogens is 369 g/mol. The maximum atomic E-state index is 12.2. The van der Waals surface area contributed by atoms with Crippen molar-refractivity contribution < 1.29 is 4.79 Å². The topological polar surface area (TPSA) is 57.8 Å². The minimum atomic E-state index is -0.333. The van der Waals surface area contributed by atoms with Crippen LogP contribution in [-0.2, 0) is 4.79 Å². The summed E-state index contributed by atoms with van der Waals surface area (Å²) in [6.07, 6.45) is 4.82. The third kappa shape index (κ3) is 3.17. The molecule has 2 N–H and O–H groups in total. The first-order valence-electron chi connectivity index (χ1n) is 7.91. The molecule has 0 bridgehead atoms. The number of fused-ring (bicyclic) bond motifs is 3. The fourth-order valence-corrected chi connectivity index (χ4v) is 3.29. The average molecular weight is 382 g/mol. The molecular formula is C20H13Cl2N3O. The fourth-order valence-electron chi connectivity index (χ4n) is 2.80. The van der Waals surface area contributed by atoms with Crippen LogP contribution in [-0.4, -0.2) is 15.9 Å². The van der Waals surface area contributed by atoms with Gasteiger partial charge in [-0.3, -0.25) is 9.78 Å². The second kappa shape index (κ2) is 6.83. The van der Waals surface area contributed by atoms with Crippen LogP contribution in [0.4, 0.5) is 5.69 Å². The highest BCUT2D eigenvalue weighted by atomic mass is 35.5. The van der Waals surface area contributed by atoms with Gasteiger partial charge in [-0.15, -0.1) is 0 Å². The van der Waals surface area contributed by atoms with Crippen LogP contribution in [0.2, 0.25) is 10.0 Å². The second-order valence-corrected chi connectivity index (χ2v) is 6.56. The molecule has 2 aromatic heterocycles. The van der Waals surface area contributed by atoms with Crippen molar-refractivity contribution in [3.8, 4) is 0 Å². The van der Waals surface area contributed by atoms with Gasteiger partial charge in [-0.25, -0.2) is 0 Å². The van der Waals surface area contributed by atoms with E-state index in [9.17, 15) is 4.79 Å². The molecule has 26 heavy (non-hydrogen) atoms. The summed E-state index contributed by atoms with van der Waals surface area (Å²) in [7, 11) is 0. The summed E-state index contributed by atoms with van der Waals surface area (Å²) in [6, 6.07) is 15.0. The van der Waals surface area contributed by atoms with Crippen molar-refractivity contribution in [3.05, 3.63) is 76.5 Å². The van der Waals surface area contributed by atoms with Gasteiger partial charge < -0.3 is 10.3 Å². The highest BCUT2D eigenvalue weighted by Gasteiger charge is 2.08. The summed E-state index contributed by atoms with van der Waals surface area (Å²) in [4.78, 5) is 19.9. The number of amides is 1. The van der Waals surface area contributed by atoms with Crippen LogP contribution in [0.15, 0.2) is 60.8 Å². The number of aromatic amines is 1. The molecule has 4 aromatic rings. The molecule has 0 saturated heterocycles. The number of halogens is 2. The first-order chi connectivity index (χ1) is 12.6. The van der Waals surface area contributed by atoms with Crippen LogP contribution >= 0.6 is 23.2 Å². The molecule has 0 saturated carbocycles. The lowest BCUT2D eigenvalue weighted by atomic mass is 10.1. The first-order valence-corrected chi connectivity index (χ1v) is 8.67. The predicted octanol–water partition coefficient (Wildman–Crippen LogP) is 5.67. The quantitative estimate of drug-likeness (QED) is 0.448. The number of carbonyl (C=O) groups excluding carboxylic acids is 1. The Hall–Kier alpha value is -2.82. The van der Waals surface area contributed by atoms with Gasteiger partial charge in [-0.05, 0) is 30.3 Å². The Balaban J connectivity index is 1.60. The minimum absolute atomic E-state index is 0.333. The van der Waals surface area contributed by atoms with Crippen molar-refractivity contribution in [2.24, 2.45) is 0 Å². The van der Waals surface area contributed by atoms with E-state index >= 15 is 0 Å². The van der Waals surface area contributed by atoms with Crippen LogP contribution in [0.5, 0.6) is 0 Å². The summed E-state index contributed by atoms with van der Waals surface area (Å²) in [5.41, 5.74) is 3.08. The fraction of sp³-hybridized carbons (Fsp3) is 0.